The largest absolute Gasteiger partial charge is 0.385 e. The molecule has 0 radical (unpaired) electrons. The first-order chi connectivity index (χ1) is 7.15. The lowest BCUT2D eigenvalue weighted by Gasteiger charge is -2.05. The summed E-state index contributed by atoms with van der Waals surface area (Å²) in [7, 11) is 1.60. The minimum absolute atomic E-state index is 0.308. The third-order valence-electron chi connectivity index (χ3n) is 1.98. The van der Waals surface area contributed by atoms with E-state index in [9.17, 15) is 8.78 Å². The second-order valence-corrected chi connectivity index (χ2v) is 3.64. The number of rotatable bonds is 5. The van der Waals surface area contributed by atoms with Crippen molar-refractivity contribution in [2.45, 2.75) is 12.8 Å². The Balaban J connectivity index is 2.65. The van der Waals surface area contributed by atoms with E-state index in [-0.39, 0.29) is 0 Å². The molecular weight excluding hydrogens is 218 g/mol. The van der Waals surface area contributed by atoms with Crippen LogP contribution in [0.25, 0.3) is 0 Å². The highest BCUT2D eigenvalue weighted by Gasteiger charge is 2.08. The molecule has 0 unspecified atom stereocenters. The van der Waals surface area contributed by atoms with E-state index in [1.165, 1.54) is 12.1 Å². The van der Waals surface area contributed by atoms with E-state index in [0.717, 1.165) is 12.5 Å². The van der Waals surface area contributed by atoms with E-state index in [1.54, 1.807) is 7.11 Å². The maximum absolute atomic E-state index is 13.3. The topological polar surface area (TPSA) is 9.23 Å². The number of hydrogen-bond donors (Lipinski definition) is 0. The van der Waals surface area contributed by atoms with Gasteiger partial charge < -0.3 is 4.74 Å². The van der Waals surface area contributed by atoms with E-state index >= 15 is 0 Å². The minimum atomic E-state index is -0.600. The van der Waals surface area contributed by atoms with E-state index in [0.29, 0.717) is 23.5 Å². The van der Waals surface area contributed by atoms with E-state index < -0.39 is 11.6 Å². The van der Waals surface area contributed by atoms with Gasteiger partial charge in [-0.3, -0.25) is 0 Å². The fourth-order valence-corrected chi connectivity index (χ4v) is 1.54. The minimum Gasteiger partial charge on any atom is -0.385 e. The molecule has 82 valence electrons. The van der Waals surface area contributed by atoms with Gasteiger partial charge in [-0.25, -0.2) is 8.78 Å². The van der Waals surface area contributed by atoms with Crippen molar-refractivity contribution in [2.24, 2.45) is 0 Å². The number of thiocarbonyl (C=S) groups is 1. The van der Waals surface area contributed by atoms with Gasteiger partial charge in [0.2, 0.25) is 0 Å². The normalized spacial score (nSPS) is 10.3. The van der Waals surface area contributed by atoms with Crippen LogP contribution in [0.2, 0.25) is 0 Å². The van der Waals surface area contributed by atoms with Crippen molar-refractivity contribution in [3.8, 4) is 0 Å². The van der Waals surface area contributed by atoms with E-state index in [1.807, 2.05) is 0 Å². The zero-order valence-electron chi connectivity index (χ0n) is 8.43. The highest BCUT2D eigenvalue weighted by atomic mass is 32.1. The summed E-state index contributed by atoms with van der Waals surface area (Å²) in [5.41, 5.74) is 0.308. The van der Waals surface area contributed by atoms with E-state index in [4.69, 9.17) is 17.0 Å². The molecule has 0 spiro atoms. The van der Waals surface area contributed by atoms with Crippen molar-refractivity contribution >= 4 is 17.1 Å². The standard InChI is InChI=1S/C11H12F2OS/c1-14-6-2-3-11(15)9-5-4-8(12)7-10(9)13/h4-5,7H,2-3,6H2,1H3. The molecular formula is C11H12F2OS. The summed E-state index contributed by atoms with van der Waals surface area (Å²) < 4.78 is 30.7. The van der Waals surface area contributed by atoms with Crippen LogP contribution in [-0.2, 0) is 4.74 Å². The smallest absolute Gasteiger partial charge is 0.134 e. The highest BCUT2D eigenvalue weighted by Crippen LogP contribution is 2.13. The maximum Gasteiger partial charge on any atom is 0.134 e. The van der Waals surface area contributed by atoms with Crippen LogP contribution in [0.15, 0.2) is 18.2 Å². The van der Waals surface area contributed by atoms with Gasteiger partial charge in [0.25, 0.3) is 0 Å². The van der Waals surface area contributed by atoms with Gasteiger partial charge in [-0.1, -0.05) is 12.2 Å². The monoisotopic (exact) mass is 230 g/mol. The lowest BCUT2D eigenvalue weighted by Crippen LogP contribution is -2.03. The van der Waals surface area contributed by atoms with Gasteiger partial charge in [-0.2, -0.15) is 0 Å². The number of halogens is 2. The Morgan fingerprint density at radius 3 is 2.73 bits per heavy atom. The zero-order chi connectivity index (χ0) is 11.3. The Morgan fingerprint density at radius 2 is 2.13 bits per heavy atom. The van der Waals surface area contributed by atoms with Gasteiger partial charge in [0, 0.05) is 30.2 Å². The number of hydrogen-bond acceptors (Lipinski definition) is 2. The number of benzene rings is 1. The molecule has 4 heteroatoms. The summed E-state index contributed by atoms with van der Waals surface area (Å²) >= 11 is 5.05. The first-order valence-corrected chi connectivity index (χ1v) is 5.03. The van der Waals surface area contributed by atoms with Crippen molar-refractivity contribution < 1.29 is 13.5 Å². The molecule has 0 aliphatic heterocycles. The predicted molar refractivity (Wildman–Crippen MR) is 59.2 cm³/mol. The molecule has 0 N–H and O–H groups in total. The maximum atomic E-state index is 13.3. The molecule has 0 bridgehead atoms. The van der Waals surface area contributed by atoms with Gasteiger partial charge in [-0.15, -0.1) is 0 Å². The fourth-order valence-electron chi connectivity index (χ4n) is 1.23. The average Bonchev–Trinajstić information content (AvgIpc) is 2.17. The molecule has 0 atom stereocenters. The molecule has 0 amide bonds. The third kappa shape index (κ3) is 3.64. The molecule has 1 aromatic carbocycles. The molecule has 1 nitrogen and oxygen atoms in total. The van der Waals surface area contributed by atoms with Crippen LogP contribution in [0, 0.1) is 11.6 Å². The highest BCUT2D eigenvalue weighted by molar-refractivity contribution is 7.80. The van der Waals surface area contributed by atoms with Crippen LogP contribution in [-0.4, -0.2) is 18.6 Å². The second-order valence-electron chi connectivity index (χ2n) is 3.14. The summed E-state index contributed by atoms with van der Waals surface area (Å²) in [5, 5.41) is 0. The molecule has 0 saturated carbocycles. The van der Waals surface area contributed by atoms with Crippen molar-refractivity contribution in [3.05, 3.63) is 35.4 Å². The van der Waals surface area contributed by atoms with Gasteiger partial charge >= 0.3 is 0 Å². The van der Waals surface area contributed by atoms with Crippen LogP contribution in [0.3, 0.4) is 0 Å². The average molecular weight is 230 g/mol. The molecule has 0 saturated heterocycles. The Labute approximate surface area is 93.1 Å². The number of ether oxygens (including phenoxy) is 1. The number of methoxy groups -OCH3 is 1. The molecule has 0 aromatic heterocycles. The first-order valence-electron chi connectivity index (χ1n) is 4.62. The predicted octanol–water partition coefficient (Wildman–Crippen LogP) is 3.11. The van der Waals surface area contributed by atoms with Crippen molar-refractivity contribution in [1.29, 1.82) is 0 Å². The lowest BCUT2D eigenvalue weighted by molar-refractivity contribution is 0.197. The van der Waals surface area contributed by atoms with Crippen molar-refractivity contribution in [2.75, 3.05) is 13.7 Å². The van der Waals surface area contributed by atoms with Gasteiger partial charge in [0.15, 0.2) is 0 Å². The molecule has 0 aliphatic carbocycles. The van der Waals surface area contributed by atoms with Crippen LogP contribution in [0.1, 0.15) is 18.4 Å². The van der Waals surface area contributed by atoms with Gasteiger partial charge in [0.05, 0.1) is 0 Å². The third-order valence-corrected chi connectivity index (χ3v) is 2.41. The van der Waals surface area contributed by atoms with Crippen LogP contribution in [0.5, 0.6) is 0 Å². The van der Waals surface area contributed by atoms with Gasteiger partial charge in [-0.05, 0) is 25.0 Å². The Hall–Kier alpha value is -0.870. The SMILES string of the molecule is COCCCC(=S)c1ccc(F)cc1F. The molecule has 0 aliphatic rings. The molecule has 1 aromatic rings. The zero-order valence-corrected chi connectivity index (χ0v) is 9.24. The van der Waals surface area contributed by atoms with Gasteiger partial charge in [0.1, 0.15) is 11.6 Å². The van der Waals surface area contributed by atoms with Crippen LogP contribution in [0.4, 0.5) is 8.78 Å². The van der Waals surface area contributed by atoms with Crippen molar-refractivity contribution in [1.82, 2.24) is 0 Å². The Kier molecular flexibility index (Phi) is 4.78. The fraction of sp³-hybridized carbons (Fsp3) is 0.364. The quantitative estimate of drug-likeness (QED) is 0.436. The first kappa shape index (κ1) is 12.2. The molecule has 0 fully saturated rings. The van der Waals surface area contributed by atoms with Crippen LogP contribution >= 0.6 is 12.2 Å². The summed E-state index contributed by atoms with van der Waals surface area (Å²) in [4.78, 5) is 0.504. The second kappa shape index (κ2) is 5.88. The molecule has 0 heterocycles. The summed E-state index contributed by atoms with van der Waals surface area (Å²) in [6.45, 7) is 0.586. The Bertz CT molecular complexity index is 352. The lowest BCUT2D eigenvalue weighted by atomic mass is 10.1. The Morgan fingerprint density at radius 1 is 1.40 bits per heavy atom. The molecule has 1 rings (SSSR count). The van der Waals surface area contributed by atoms with E-state index in [2.05, 4.69) is 0 Å². The van der Waals surface area contributed by atoms with Crippen molar-refractivity contribution in [3.63, 3.8) is 0 Å². The molecule has 15 heavy (non-hydrogen) atoms. The summed E-state index contributed by atoms with van der Waals surface area (Å²) in [5.74, 6) is -1.19. The van der Waals surface area contributed by atoms with Crippen LogP contribution < -0.4 is 0 Å². The summed E-state index contributed by atoms with van der Waals surface area (Å²) in [6.07, 6.45) is 1.32. The summed E-state index contributed by atoms with van der Waals surface area (Å²) in [6, 6.07) is 3.43.